The molecule has 0 N–H and O–H groups in total. The SMILES string of the molecule is CC(=O)c1ccc(N2CCN(C(=O)c3sc(CC(C)C)nc3C)CC2)c(F)c1. The molecule has 0 saturated carbocycles. The zero-order valence-electron chi connectivity index (χ0n) is 16.8. The van der Waals surface area contributed by atoms with Crippen molar-refractivity contribution in [2.45, 2.75) is 34.1 Å². The standard InChI is InChI=1S/C21H26FN3O2S/c1-13(2)11-19-23-14(3)20(28-19)21(27)25-9-7-24(8-10-25)18-6-5-16(15(4)26)12-17(18)22/h5-6,12-13H,7-11H2,1-4H3. The number of carbonyl (C=O) groups excluding carboxylic acids is 2. The average molecular weight is 404 g/mol. The van der Waals surface area contributed by atoms with E-state index in [1.54, 1.807) is 12.1 Å². The number of aryl methyl sites for hydroxylation is 1. The molecular formula is C21H26FN3O2S. The zero-order valence-corrected chi connectivity index (χ0v) is 17.6. The maximum atomic E-state index is 14.4. The smallest absolute Gasteiger partial charge is 0.265 e. The van der Waals surface area contributed by atoms with Gasteiger partial charge in [0.15, 0.2) is 5.78 Å². The van der Waals surface area contributed by atoms with Crippen molar-refractivity contribution in [2.24, 2.45) is 5.92 Å². The zero-order chi connectivity index (χ0) is 20.4. The number of amides is 1. The number of hydrogen-bond acceptors (Lipinski definition) is 5. The lowest BCUT2D eigenvalue weighted by Gasteiger charge is -2.36. The van der Waals surface area contributed by atoms with Crippen molar-refractivity contribution >= 4 is 28.7 Å². The van der Waals surface area contributed by atoms with E-state index in [-0.39, 0.29) is 11.7 Å². The second kappa shape index (κ2) is 8.39. The lowest BCUT2D eigenvalue weighted by atomic mass is 10.1. The lowest BCUT2D eigenvalue weighted by molar-refractivity contribution is 0.0750. The summed E-state index contributed by atoms with van der Waals surface area (Å²) < 4.78 is 14.4. The van der Waals surface area contributed by atoms with Crippen LogP contribution in [0.1, 0.15) is 51.5 Å². The minimum Gasteiger partial charge on any atom is -0.366 e. The summed E-state index contributed by atoms with van der Waals surface area (Å²) in [7, 11) is 0. The number of carbonyl (C=O) groups is 2. The number of ketones is 1. The van der Waals surface area contributed by atoms with E-state index >= 15 is 0 Å². The maximum absolute atomic E-state index is 14.4. The van der Waals surface area contributed by atoms with Gasteiger partial charge in [-0.1, -0.05) is 13.8 Å². The normalized spacial score (nSPS) is 14.6. The fourth-order valence-electron chi connectivity index (χ4n) is 3.36. The van der Waals surface area contributed by atoms with Gasteiger partial charge in [-0.05, 0) is 38.0 Å². The quantitative estimate of drug-likeness (QED) is 0.710. The maximum Gasteiger partial charge on any atom is 0.265 e. The molecule has 28 heavy (non-hydrogen) atoms. The molecule has 150 valence electrons. The molecule has 0 bridgehead atoms. The van der Waals surface area contributed by atoms with Crippen LogP contribution in [0.3, 0.4) is 0 Å². The Morgan fingerprint density at radius 3 is 2.46 bits per heavy atom. The van der Waals surface area contributed by atoms with Crippen LogP contribution in [0.25, 0.3) is 0 Å². The molecule has 5 nitrogen and oxygen atoms in total. The molecule has 3 rings (SSSR count). The van der Waals surface area contributed by atoms with Gasteiger partial charge in [-0.3, -0.25) is 9.59 Å². The van der Waals surface area contributed by atoms with Crippen molar-refractivity contribution < 1.29 is 14.0 Å². The number of rotatable bonds is 5. The molecule has 2 heterocycles. The van der Waals surface area contributed by atoms with Gasteiger partial charge >= 0.3 is 0 Å². The summed E-state index contributed by atoms with van der Waals surface area (Å²) in [6.45, 7) is 9.76. The van der Waals surface area contributed by atoms with E-state index in [9.17, 15) is 14.0 Å². The summed E-state index contributed by atoms with van der Waals surface area (Å²) in [5.74, 6) is -0.0416. The Bertz CT molecular complexity index is 886. The summed E-state index contributed by atoms with van der Waals surface area (Å²) in [6.07, 6.45) is 0.877. The van der Waals surface area contributed by atoms with E-state index < -0.39 is 5.82 Å². The van der Waals surface area contributed by atoms with Gasteiger partial charge < -0.3 is 9.80 Å². The highest BCUT2D eigenvalue weighted by molar-refractivity contribution is 7.13. The predicted octanol–water partition coefficient (Wildman–Crippen LogP) is 3.95. The molecule has 0 unspecified atom stereocenters. The van der Waals surface area contributed by atoms with E-state index in [1.807, 2.05) is 16.7 Å². The highest BCUT2D eigenvalue weighted by Gasteiger charge is 2.26. The first kappa shape index (κ1) is 20.5. The van der Waals surface area contributed by atoms with Gasteiger partial charge in [0.25, 0.3) is 5.91 Å². The summed E-state index contributed by atoms with van der Waals surface area (Å²) in [4.78, 5) is 33.3. The summed E-state index contributed by atoms with van der Waals surface area (Å²) in [6, 6.07) is 4.58. The average Bonchev–Trinajstić information content (AvgIpc) is 3.00. The van der Waals surface area contributed by atoms with Crippen LogP contribution in [0.4, 0.5) is 10.1 Å². The first-order valence-corrected chi connectivity index (χ1v) is 10.4. The Morgan fingerprint density at radius 1 is 1.21 bits per heavy atom. The Hall–Kier alpha value is -2.28. The van der Waals surface area contributed by atoms with Crippen molar-refractivity contribution in [1.29, 1.82) is 0 Å². The van der Waals surface area contributed by atoms with Gasteiger partial charge in [-0.2, -0.15) is 0 Å². The molecule has 0 spiro atoms. The van der Waals surface area contributed by atoms with E-state index in [1.165, 1.54) is 24.3 Å². The first-order valence-electron chi connectivity index (χ1n) is 9.57. The Kier molecular flexibility index (Phi) is 6.13. The van der Waals surface area contributed by atoms with Crippen LogP contribution in [0.15, 0.2) is 18.2 Å². The molecule has 1 aromatic heterocycles. The van der Waals surface area contributed by atoms with Crippen molar-refractivity contribution in [2.75, 3.05) is 31.1 Å². The molecule has 1 aromatic carbocycles. The minimum absolute atomic E-state index is 0.0112. The predicted molar refractivity (Wildman–Crippen MR) is 110 cm³/mol. The van der Waals surface area contributed by atoms with E-state index in [0.29, 0.717) is 48.2 Å². The number of anilines is 1. The fourth-order valence-corrected chi connectivity index (χ4v) is 4.61. The number of hydrogen-bond donors (Lipinski definition) is 0. The molecule has 0 radical (unpaired) electrons. The largest absolute Gasteiger partial charge is 0.366 e. The van der Waals surface area contributed by atoms with Gasteiger partial charge in [0.1, 0.15) is 10.7 Å². The van der Waals surface area contributed by atoms with Crippen molar-refractivity contribution in [3.8, 4) is 0 Å². The van der Waals surface area contributed by atoms with Gasteiger partial charge in [0.05, 0.1) is 16.4 Å². The van der Waals surface area contributed by atoms with Gasteiger partial charge in [0.2, 0.25) is 0 Å². The minimum atomic E-state index is -0.399. The van der Waals surface area contributed by atoms with Gasteiger partial charge in [-0.15, -0.1) is 11.3 Å². The third-order valence-electron chi connectivity index (χ3n) is 4.88. The molecule has 1 fully saturated rings. The van der Waals surface area contributed by atoms with Crippen LogP contribution in [0, 0.1) is 18.7 Å². The van der Waals surface area contributed by atoms with Crippen molar-refractivity contribution in [3.63, 3.8) is 0 Å². The molecule has 2 aromatic rings. The molecule has 1 amide bonds. The van der Waals surface area contributed by atoms with Crippen LogP contribution >= 0.6 is 11.3 Å². The van der Waals surface area contributed by atoms with Crippen LogP contribution in [0.2, 0.25) is 0 Å². The molecule has 1 aliphatic heterocycles. The Balaban J connectivity index is 1.66. The van der Waals surface area contributed by atoms with Crippen LogP contribution in [-0.2, 0) is 6.42 Å². The highest BCUT2D eigenvalue weighted by atomic mass is 32.1. The number of benzene rings is 1. The number of thiazole rings is 1. The topological polar surface area (TPSA) is 53.5 Å². The molecule has 1 aliphatic rings. The van der Waals surface area contributed by atoms with Crippen molar-refractivity contribution in [3.05, 3.63) is 45.2 Å². The van der Waals surface area contributed by atoms with Crippen LogP contribution < -0.4 is 4.90 Å². The fraction of sp³-hybridized carbons (Fsp3) is 0.476. The summed E-state index contributed by atoms with van der Waals surface area (Å²) in [5, 5.41) is 1.00. The molecule has 1 saturated heterocycles. The number of nitrogens with zero attached hydrogens (tertiary/aromatic N) is 3. The number of halogens is 1. The van der Waals surface area contributed by atoms with Crippen LogP contribution in [0.5, 0.6) is 0 Å². The molecule has 0 atom stereocenters. The van der Waals surface area contributed by atoms with Gasteiger partial charge in [-0.25, -0.2) is 9.37 Å². The number of aromatic nitrogens is 1. The van der Waals surface area contributed by atoms with Crippen molar-refractivity contribution in [1.82, 2.24) is 9.88 Å². The second-order valence-corrected chi connectivity index (χ2v) is 8.71. The summed E-state index contributed by atoms with van der Waals surface area (Å²) >= 11 is 1.49. The Morgan fingerprint density at radius 2 is 1.89 bits per heavy atom. The summed E-state index contributed by atoms with van der Waals surface area (Å²) in [5.41, 5.74) is 1.64. The lowest BCUT2D eigenvalue weighted by Crippen LogP contribution is -2.49. The van der Waals surface area contributed by atoms with E-state index in [0.717, 1.165) is 17.1 Å². The molecular weight excluding hydrogens is 377 g/mol. The molecule has 7 heteroatoms. The van der Waals surface area contributed by atoms with E-state index in [4.69, 9.17) is 0 Å². The molecule has 0 aliphatic carbocycles. The van der Waals surface area contributed by atoms with E-state index in [2.05, 4.69) is 18.8 Å². The second-order valence-electron chi connectivity index (χ2n) is 7.62. The third kappa shape index (κ3) is 4.41. The first-order chi connectivity index (χ1) is 13.3. The number of piperazine rings is 1. The van der Waals surface area contributed by atoms with Gasteiger partial charge in [0, 0.05) is 38.2 Å². The number of Topliss-reactive ketones (excluding diaryl/α,β-unsaturated/α-hetero) is 1. The monoisotopic (exact) mass is 403 g/mol. The van der Waals surface area contributed by atoms with Crippen LogP contribution in [-0.4, -0.2) is 47.8 Å². The highest BCUT2D eigenvalue weighted by Crippen LogP contribution is 2.25. The third-order valence-corrected chi connectivity index (χ3v) is 6.05. The Labute approximate surface area is 169 Å².